The number of hydrogen-bond acceptors (Lipinski definition) is 5. The van der Waals surface area contributed by atoms with Crippen molar-refractivity contribution in [1.29, 1.82) is 0 Å². The Kier molecular flexibility index (Phi) is 9.64. The van der Waals surface area contributed by atoms with Crippen LogP contribution < -0.4 is 24.8 Å². The molecule has 31 heavy (non-hydrogen) atoms. The van der Waals surface area contributed by atoms with Crippen LogP contribution in [-0.2, 0) is 13.0 Å². The number of guanidine groups is 1. The highest BCUT2D eigenvalue weighted by Crippen LogP contribution is 2.34. The normalized spacial score (nSPS) is 10.9. The van der Waals surface area contributed by atoms with Gasteiger partial charge < -0.3 is 24.8 Å². The number of nitrogens with one attached hydrogen (secondary N) is 2. The summed E-state index contributed by atoms with van der Waals surface area (Å²) in [6, 6.07) is 13.9. The molecule has 0 saturated heterocycles. The number of para-hydroxylation sites is 1. The van der Waals surface area contributed by atoms with Crippen LogP contribution in [0.5, 0.6) is 17.2 Å². The second-order valence-electron chi connectivity index (χ2n) is 6.60. The quantitative estimate of drug-likeness (QED) is 0.259. The summed E-state index contributed by atoms with van der Waals surface area (Å²) in [5.41, 5.74) is 3.13. The van der Waals surface area contributed by atoms with Gasteiger partial charge in [-0.3, -0.25) is 9.98 Å². The van der Waals surface area contributed by atoms with Crippen LogP contribution in [0.25, 0.3) is 10.9 Å². The number of nitrogens with zero attached hydrogens (tertiary/aromatic N) is 2. The maximum absolute atomic E-state index is 5.52. The zero-order chi connectivity index (χ0) is 21.3. The Morgan fingerprint density at radius 2 is 1.68 bits per heavy atom. The second kappa shape index (κ2) is 12.2. The van der Waals surface area contributed by atoms with E-state index in [1.165, 1.54) is 5.56 Å². The number of halogens is 1. The van der Waals surface area contributed by atoms with Crippen molar-refractivity contribution in [2.24, 2.45) is 4.99 Å². The van der Waals surface area contributed by atoms with Crippen molar-refractivity contribution in [3.05, 3.63) is 59.8 Å². The average Bonchev–Trinajstić information content (AvgIpc) is 2.80. The highest BCUT2D eigenvalue weighted by Gasteiger charge is 2.13. The predicted octanol–water partition coefficient (Wildman–Crippen LogP) is 3.79. The number of pyridine rings is 1. The third-order valence-electron chi connectivity index (χ3n) is 4.89. The summed E-state index contributed by atoms with van der Waals surface area (Å²) in [5, 5.41) is 7.85. The van der Waals surface area contributed by atoms with Gasteiger partial charge in [0.05, 0.1) is 26.8 Å². The number of aromatic nitrogens is 1. The molecule has 0 atom stereocenters. The molecule has 166 valence electrons. The molecule has 2 aromatic carbocycles. The monoisotopic (exact) mass is 536 g/mol. The van der Waals surface area contributed by atoms with Crippen LogP contribution in [0.1, 0.15) is 11.1 Å². The highest BCUT2D eigenvalue weighted by molar-refractivity contribution is 14.0. The van der Waals surface area contributed by atoms with Gasteiger partial charge in [-0.25, -0.2) is 0 Å². The molecular formula is C23H29IN4O3. The van der Waals surface area contributed by atoms with Gasteiger partial charge in [-0.05, 0) is 24.1 Å². The molecule has 3 aromatic rings. The molecule has 1 heterocycles. The van der Waals surface area contributed by atoms with Crippen molar-refractivity contribution in [3.8, 4) is 17.2 Å². The van der Waals surface area contributed by atoms with Crippen molar-refractivity contribution < 1.29 is 14.2 Å². The van der Waals surface area contributed by atoms with E-state index in [0.29, 0.717) is 25.3 Å². The predicted molar refractivity (Wildman–Crippen MR) is 135 cm³/mol. The van der Waals surface area contributed by atoms with Crippen LogP contribution in [0, 0.1) is 0 Å². The van der Waals surface area contributed by atoms with Crippen molar-refractivity contribution in [2.45, 2.75) is 13.0 Å². The number of methoxy groups -OCH3 is 3. The summed E-state index contributed by atoms with van der Waals surface area (Å²) in [5.74, 6) is 2.89. The first-order chi connectivity index (χ1) is 14.7. The number of rotatable bonds is 8. The summed E-state index contributed by atoms with van der Waals surface area (Å²) in [4.78, 5) is 8.73. The van der Waals surface area contributed by atoms with Crippen molar-refractivity contribution in [2.75, 3.05) is 34.9 Å². The van der Waals surface area contributed by atoms with Gasteiger partial charge in [0.25, 0.3) is 0 Å². The first kappa shape index (κ1) is 24.5. The van der Waals surface area contributed by atoms with Gasteiger partial charge in [0.15, 0.2) is 5.96 Å². The molecule has 7 nitrogen and oxygen atoms in total. The molecule has 0 bridgehead atoms. The molecule has 0 aliphatic rings. The lowest BCUT2D eigenvalue weighted by Crippen LogP contribution is -2.38. The van der Waals surface area contributed by atoms with E-state index in [-0.39, 0.29) is 24.0 Å². The summed E-state index contributed by atoms with van der Waals surface area (Å²) in [7, 11) is 6.67. The van der Waals surface area contributed by atoms with Gasteiger partial charge in [0.1, 0.15) is 17.2 Å². The van der Waals surface area contributed by atoms with Crippen molar-refractivity contribution >= 4 is 40.8 Å². The molecule has 0 unspecified atom stereocenters. The smallest absolute Gasteiger partial charge is 0.191 e. The third kappa shape index (κ3) is 6.13. The lowest BCUT2D eigenvalue weighted by molar-refractivity contribution is 0.368. The summed E-state index contributed by atoms with van der Waals surface area (Å²) in [6.45, 7) is 1.31. The zero-order valence-corrected chi connectivity index (χ0v) is 20.6. The highest BCUT2D eigenvalue weighted by atomic mass is 127. The Hall–Kier alpha value is -2.75. The van der Waals surface area contributed by atoms with E-state index in [1.807, 2.05) is 42.6 Å². The minimum Gasteiger partial charge on any atom is -0.496 e. The molecule has 0 aliphatic heterocycles. The fraction of sp³-hybridized carbons (Fsp3) is 0.304. The van der Waals surface area contributed by atoms with Gasteiger partial charge in [-0.2, -0.15) is 0 Å². The van der Waals surface area contributed by atoms with E-state index < -0.39 is 0 Å². The van der Waals surface area contributed by atoms with Crippen molar-refractivity contribution in [1.82, 2.24) is 15.6 Å². The average molecular weight is 536 g/mol. The van der Waals surface area contributed by atoms with E-state index in [2.05, 4.69) is 26.7 Å². The Bertz CT molecular complexity index is 996. The van der Waals surface area contributed by atoms with Crippen LogP contribution in [-0.4, -0.2) is 45.9 Å². The zero-order valence-electron chi connectivity index (χ0n) is 18.3. The molecule has 0 amide bonds. The van der Waals surface area contributed by atoms with Crippen LogP contribution in [0.2, 0.25) is 0 Å². The number of fused-ring (bicyclic) bond motifs is 1. The van der Waals surface area contributed by atoms with Gasteiger partial charge in [0.2, 0.25) is 0 Å². The van der Waals surface area contributed by atoms with Gasteiger partial charge in [-0.15, -0.1) is 24.0 Å². The summed E-state index contributed by atoms with van der Waals surface area (Å²) < 4.78 is 16.4. The molecule has 2 N–H and O–H groups in total. The van der Waals surface area contributed by atoms with E-state index in [9.17, 15) is 0 Å². The minimum absolute atomic E-state index is 0. The topological polar surface area (TPSA) is 77.0 Å². The second-order valence-corrected chi connectivity index (χ2v) is 6.60. The van der Waals surface area contributed by atoms with Gasteiger partial charge >= 0.3 is 0 Å². The van der Waals surface area contributed by atoms with E-state index in [0.717, 1.165) is 33.9 Å². The Labute approximate surface area is 200 Å². The van der Waals surface area contributed by atoms with Crippen molar-refractivity contribution in [3.63, 3.8) is 0 Å². The lowest BCUT2D eigenvalue weighted by atomic mass is 10.1. The van der Waals surface area contributed by atoms with E-state index in [1.54, 1.807) is 28.4 Å². The van der Waals surface area contributed by atoms with Crippen LogP contribution in [0.15, 0.2) is 53.7 Å². The third-order valence-corrected chi connectivity index (χ3v) is 4.89. The SMILES string of the molecule is CN=C(NCCc1c(OC)cc(OC)cc1OC)NCc1ccnc2ccccc12.I. The van der Waals surface area contributed by atoms with Gasteiger partial charge in [0, 0.05) is 49.4 Å². The maximum atomic E-state index is 5.52. The largest absolute Gasteiger partial charge is 0.496 e. The van der Waals surface area contributed by atoms with E-state index >= 15 is 0 Å². The Morgan fingerprint density at radius 1 is 0.968 bits per heavy atom. The minimum atomic E-state index is 0. The number of hydrogen-bond donors (Lipinski definition) is 2. The first-order valence-corrected chi connectivity index (χ1v) is 9.76. The fourth-order valence-corrected chi connectivity index (χ4v) is 3.34. The molecule has 0 spiro atoms. The van der Waals surface area contributed by atoms with Crippen LogP contribution in [0.4, 0.5) is 0 Å². The van der Waals surface area contributed by atoms with Crippen LogP contribution >= 0.6 is 24.0 Å². The number of benzene rings is 2. The van der Waals surface area contributed by atoms with E-state index in [4.69, 9.17) is 14.2 Å². The maximum Gasteiger partial charge on any atom is 0.191 e. The number of aliphatic imine (C=N–C) groups is 1. The molecular weight excluding hydrogens is 507 g/mol. The van der Waals surface area contributed by atoms with Gasteiger partial charge in [-0.1, -0.05) is 18.2 Å². The molecule has 0 aliphatic carbocycles. The fourth-order valence-electron chi connectivity index (χ4n) is 3.34. The molecule has 8 heteroatoms. The molecule has 0 saturated carbocycles. The lowest BCUT2D eigenvalue weighted by Gasteiger charge is -2.16. The van der Waals surface area contributed by atoms with Crippen LogP contribution in [0.3, 0.4) is 0 Å². The molecule has 0 radical (unpaired) electrons. The standard InChI is InChI=1S/C23H28N4O3.HI/c1-24-23(27-15-16-9-11-25-20-8-6-5-7-18(16)20)26-12-10-19-21(29-3)13-17(28-2)14-22(19)30-4;/h5-9,11,13-14H,10,12,15H2,1-4H3,(H2,24,26,27);1H. The molecule has 0 fully saturated rings. The number of ether oxygens (including phenoxy) is 3. The summed E-state index contributed by atoms with van der Waals surface area (Å²) >= 11 is 0. The Balaban J connectivity index is 0.00000341. The first-order valence-electron chi connectivity index (χ1n) is 9.76. The molecule has 3 rings (SSSR count). The molecule has 1 aromatic heterocycles. The summed E-state index contributed by atoms with van der Waals surface area (Å²) in [6.07, 6.45) is 2.53. The Morgan fingerprint density at radius 3 is 2.32 bits per heavy atom.